The zero-order valence-corrected chi connectivity index (χ0v) is 11.8. The molecule has 0 bridgehead atoms. The third kappa shape index (κ3) is 2.10. The van der Waals surface area contributed by atoms with Crippen LogP contribution in [0.25, 0.3) is 16.6 Å². The molecule has 3 aromatic rings. The SMILES string of the molecule is O=C(O)c1cn(C2CC2)c2cc(-n3ccnn3)c(F)cc2c1=O. The number of aromatic carboxylic acids is 1. The molecule has 1 aromatic carbocycles. The fraction of sp³-hybridized carbons (Fsp3) is 0.200. The van der Waals surface area contributed by atoms with E-state index in [4.69, 9.17) is 0 Å². The van der Waals surface area contributed by atoms with Gasteiger partial charge in [0.1, 0.15) is 17.1 Å². The number of fused-ring (bicyclic) bond motifs is 1. The molecule has 0 radical (unpaired) electrons. The highest BCUT2D eigenvalue weighted by Crippen LogP contribution is 2.37. The number of carbonyl (C=O) groups is 1. The second-order valence-electron chi connectivity index (χ2n) is 5.48. The average Bonchev–Trinajstić information content (AvgIpc) is 3.21. The lowest BCUT2D eigenvalue weighted by molar-refractivity contribution is 0.0695. The largest absolute Gasteiger partial charge is 0.477 e. The number of benzene rings is 1. The molecule has 0 amide bonds. The third-order valence-corrected chi connectivity index (χ3v) is 3.94. The second-order valence-corrected chi connectivity index (χ2v) is 5.48. The van der Waals surface area contributed by atoms with Crippen LogP contribution in [-0.2, 0) is 0 Å². The normalized spacial score (nSPS) is 14.3. The van der Waals surface area contributed by atoms with Crippen LogP contribution in [0.15, 0.2) is 35.5 Å². The van der Waals surface area contributed by atoms with Crippen LogP contribution in [0.1, 0.15) is 29.2 Å². The molecule has 1 N–H and O–H groups in total. The first kappa shape index (κ1) is 13.6. The van der Waals surface area contributed by atoms with E-state index in [0.29, 0.717) is 5.52 Å². The van der Waals surface area contributed by atoms with E-state index in [1.807, 2.05) is 0 Å². The van der Waals surface area contributed by atoms with Crippen LogP contribution in [-0.4, -0.2) is 30.6 Å². The molecule has 1 saturated carbocycles. The molecule has 0 spiro atoms. The molecule has 8 heteroatoms. The van der Waals surface area contributed by atoms with Crippen LogP contribution in [0.4, 0.5) is 4.39 Å². The monoisotopic (exact) mass is 314 g/mol. The fourth-order valence-corrected chi connectivity index (χ4v) is 2.68. The number of hydrogen-bond donors (Lipinski definition) is 1. The van der Waals surface area contributed by atoms with Crippen molar-refractivity contribution in [3.8, 4) is 5.69 Å². The van der Waals surface area contributed by atoms with Gasteiger partial charge in [-0.1, -0.05) is 5.21 Å². The van der Waals surface area contributed by atoms with Crippen molar-refractivity contribution < 1.29 is 14.3 Å². The first-order valence-corrected chi connectivity index (χ1v) is 7.04. The smallest absolute Gasteiger partial charge is 0.341 e. The van der Waals surface area contributed by atoms with E-state index in [1.165, 1.54) is 29.3 Å². The van der Waals surface area contributed by atoms with Gasteiger partial charge < -0.3 is 9.67 Å². The topological polar surface area (TPSA) is 90.0 Å². The minimum Gasteiger partial charge on any atom is -0.477 e. The Morgan fingerprint density at radius 3 is 2.74 bits per heavy atom. The zero-order chi connectivity index (χ0) is 16.1. The Bertz CT molecular complexity index is 990. The molecule has 2 heterocycles. The van der Waals surface area contributed by atoms with Gasteiger partial charge in [-0.05, 0) is 25.0 Å². The molecule has 0 atom stereocenters. The molecular weight excluding hydrogens is 303 g/mol. The summed E-state index contributed by atoms with van der Waals surface area (Å²) in [6, 6.07) is 2.70. The molecule has 0 unspecified atom stereocenters. The molecule has 0 saturated heterocycles. The van der Waals surface area contributed by atoms with Gasteiger partial charge in [0, 0.05) is 17.6 Å². The molecule has 7 nitrogen and oxygen atoms in total. The molecule has 116 valence electrons. The summed E-state index contributed by atoms with van der Waals surface area (Å²) in [7, 11) is 0. The maximum atomic E-state index is 14.4. The summed E-state index contributed by atoms with van der Waals surface area (Å²) in [5, 5.41) is 16.7. The Morgan fingerprint density at radius 2 is 2.13 bits per heavy atom. The van der Waals surface area contributed by atoms with Crippen molar-refractivity contribution in [2.75, 3.05) is 0 Å². The maximum absolute atomic E-state index is 14.4. The number of nitrogens with zero attached hydrogens (tertiary/aromatic N) is 4. The van der Waals surface area contributed by atoms with Crippen LogP contribution in [0.5, 0.6) is 0 Å². The van der Waals surface area contributed by atoms with E-state index < -0.39 is 17.2 Å². The molecule has 1 aliphatic rings. The van der Waals surface area contributed by atoms with Gasteiger partial charge >= 0.3 is 5.97 Å². The number of pyridine rings is 1. The zero-order valence-electron chi connectivity index (χ0n) is 11.8. The van der Waals surface area contributed by atoms with Crippen molar-refractivity contribution >= 4 is 16.9 Å². The van der Waals surface area contributed by atoms with Gasteiger partial charge in [0.15, 0.2) is 0 Å². The van der Waals surface area contributed by atoms with E-state index in [0.717, 1.165) is 18.9 Å². The Balaban J connectivity index is 2.08. The molecule has 2 aromatic heterocycles. The van der Waals surface area contributed by atoms with Crippen LogP contribution in [0.3, 0.4) is 0 Å². The number of carboxylic acid groups (broad SMARTS) is 1. The minimum absolute atomic E-state index is 0.0539. The second kappa shape index (κ2) is 4.73. The van der Waals surface area contributed by atoms with Crippen molar-refractivity contribution in [2.45, 2.75) is 18.9 Å². The average molecular weight is 314 g/mol. The van der Waals surface area contributed by atoms with Crippen LogP contribution < -0.4 is 5.43 Å². The lowest BCUT2D eigenvalue weighted by Gasteiger charge is -2.13. The third-order valence-electron chi connectivity index (χ3n) is 3.94. The summed E-state index contributed by atoms with van der Waals surface area (Å²) in [4.78, 5) is 23.6. The van der Waals surface area contributed by atoms with Crippen LogP contribution >= 0.6 is 0 Å². The lowest BCUT2D eigenvalue weighted by atomic mass is 10.1. The van der Waals surface area contributed by atoms with Crippen molar-refractivity contribution in [3.63, 3.8) is 0 Å². The van der Waals surface area contributed by atoms with Gasteiger partial charge in [0.05, 0.1) is 17.9 Å². The summed E-state index contributed by atoms with van der Waals surface area (Å²) in [5.74, 6) is -1.97. The van der Waals surface area contributed by atoms with Crippen molar-refractivity contribution in [1.29, 1.82) is 0 Å². The van der Waals surface area contributed by atoms with Gasteiger partial charge in [0.2, 0.25) is 5.43 Å². The number of aromatic nitrogens is 4. The van der Waals surface area contributed by atoms with Gasteiger partial charge in [-0.2, -0.15) is 0 Å². The number of rotatable bonds is 3. The first-order valence-electron chi connectivity index (χ1n) is 7.04. The quantitative estimate of drug-likeness (QED) is 0.795. The molecule has 4 rings (SSSR count). The summed E-state index contributed by atoms with van der Waals surface area (Å²) in [6.45, 7) is 0. The Hall–Kier alpha value is -3.03. The van der Waals surface area contributed by atoms with Gasteiger partial charge in [-0.3, -0.25) is 4.79 Å². The van der Waals surface area contributed by atoms with E-state index >= 15 is 0 Å². The van der Waals surface area contributed by atoms with Crippen LogP contribution in [0, 0.1) is 5.82 Å². The maximum Gasteiger partial charge on any atom is 0.341 e. The Labute approximate surface area is 128 Å². The number of carboxylic acids is 1. The van der Waals surface area contributed by atoms with Crippen LogP contribution in [0.2, 0.25) is 0 Å². The fourth-order valence-electron chi connectivity index (χ4n) is 2.68. The first-order chi connectivity index (χ1) is 11.1. The molecular formula is C15H11FN4O3. The Kier molecular flexibility index (Phi) is 2.80. The standard InChI is InChI=1S/C15H11FN4O3/c16-11-5-9-12(6-13(11)20-4-3-17-18-20)19(8-1-2-8)7-10(14(9)21)15(22)23/h3-8H,1-2H2,(H,22,23). The van der Waals surface area contributed by atoms with Crippen molar-refractivity contribution in [3.05, 3.63) is 52.3 Å². The number of halogens is 1. The minimum atomic E-state index is -1.31. The van der Waals surface area contributed by atoms with Crippen molar-refractivity contribution in [2.24, 2.45) is 0 Å². The van der Waals surface area contributed by atoms with E-state index in [1.54, 1.807) is 4.57 Å². The summed E-state index contributed by atoms with van der Waals surface area (Å²) < 4.78 is 17.4. The molecule has 1 fully saturated rings. The lowest BCUT2D eigenvalue weighted by Crippen LogP contribution is -2.19. The molecule has 1 aliphatic carbocycles. The molecule has 0 aliphatic heterocycles. The van der Waals surface area contributed by atoms with E-state index in [2.05, 4.69) is 10.3 Å². The Morgan fingerprint density at radius 1 is 1.35 bits per heavy atom. The number of hydrogen-bond acceptors (Lipinski definition) is 4. The van der Waals surface area contributed by atoms with E-state index in [-0.39, 0.29) is 22.7 Å². The summed E-state index contributed by atoms with van der Waals surface area (Å²) in [6.07, 6.45) is 6.05. The van der Waals surface area contributed by atoms with Gasteiger partial charge in [-0.15, -0.1) is 5.10 Å². The van der Waals surface area contributed by atoms with E-state index in [9.17, 15) is 19.1 Å². The van der Waals surface area contributed by atoms with Crippen molar-refractivity contribution in [1.82, 2.24) is 19.6 Å². The predicted molar refractivity (Wildman–Crippen MR) is 78.3 cm³/mol. The highest BCUT2D eigenvalue weighted by atomic mass is 19.1. The predicted octanol–water partition coefficient (Wildman–Crippen LogP) is 1.75. The highest BCUT2D eigenvalue weighted by Gasteiger charge is 2.27. The van der Waals surface area contributed by atoms with Gasteiger partial charge in [0.25, 0.3) is 0 Å². The highest BCUT2D eigenvalue weighted by molar-refractivity contribution is 5.93. The summed E-state index contributed by atoms with van der Waals surface area (Å²) in [5.41, 5.74) is -0.382. The summed E-state index contributed by atoms with van der Waals surface area (Å²) >= 11 is 0. The van der Waals surface area contributed by atoms with Gasteiger partial charge in [-0.25, -0.2) is 13.9 Å². The molecule has 23 heavy (non-hydrogen) atoms.